The quantitative estimate of drug-likeness (QED) is 0.792. The van der Waals surface area contributed by atoms with Crippen molar-refractivity contribution >= 4 is 5.91 Å². The molecule has 0 bridgehead atoms. The lowest BCUT2D eigenvalue weighted by Gasteiger charge is -2.42. The normalized spacial score (nSPS) is 25.1. The van der Waals surface area contributed by atoms with Crippen LogP contribution in [0.15, 0.2) is 24.3 Å². The first kappa shape index (κ1) is 18.4. The summed E-state index contributed by atoms with van der Waals surface area (Å²) in [6.45, 7) is 5.54. The number of unbranched alkanes of at least 4 members (excludes halogenated alkanes) is 1. The third kappa shape index (κ3) is 4.60. The Morgan fingerprint density at radius 3 is 2.40 bits per heavy atom. The summed E-state index contributed by atoms with van der Waals surface area (Å²) in [6.07, 6.45) is 9.39. The van der Waals surface area contributed by atoms with E-state index in [1.807, 2.05) is 4.90 Å². The van der Waals surface area contributed by atoms with E-state index in [4.69, 9.17) is 0 Å². The lowest BCUT2D eigenvalue weighted by molar-refractivity contribution is 0.0489. The molecule has 1 heterocycles. The molecule has 1 aromatic rings. The summed E-state index contributed by atoms with van der Waals surface area (Å²) in [5, 5.41) is 0. The van der Waals surface area contributed by atoms with Gasteiger partial charge in [-0.1, -0.05) is 38.3 Å². The number of hydrogen-bond acceptors (Lipinski definition) is 2. The van der Waals surface area contributed by atoms with E-state index >= 15 is 0 Å². The molecule has 1 aromatic carbocycles. The molecule has 25 heavy (non-hydrogen) atoms. The predicted molar refractivity (Wildman–Crippen MR) is 99.1 cm³/mol. The smallest absolute Gasteiger partial charge is 0.256 e. The molecule has 0 N–H and O–H groups in total. The summed E-state index contributed by atoms with van der Waals surface area (Å²) in [7, 11) is 0. The molecule has 0 unspecified atom stereocenters. The van der Waals surface area contributed by atoms with E-state index in [-0.39, 0.29) is 11.5 Å². The maximum absolute atomic E-state index is 13.8. The first-order valence-electron chi connectivity index (χ1n) is 9.97. The second-order valence-electron chi connectivity index (χ2n) is 7.62. The molecule has 0 spiro atoms. The van der Waals surface area contributed by atoms with E-state index in [0.29, 0.717) is 19.1 Å². The summed E-state index contributed by atoms with van der Waals surface area (Å²) in [6, 6.07) is 6.98. The van der Waals surface area contributed by atoms with Gasteiger partial charge >= 0.3 is 0 Å². The zero-order valence-corrected chi connectivity index (χ0v) is 15.4. The van der Waals surface area contributed by atoms with Gasteiger partial charge in [0.25, 0.3) is 5.91 Å². The van der Waals surface area contributed by atoms with Crippen molar-refractivity contribution < 1.29 is 9.18 Å². The number of piperazine rings is 1. The molecule has 0 aromatic heterocycles. The highest BCUT2D eigenvalue weighted by atomic mass is 19.1. The summed E-state index contributed by atoms with van der Waals surface area (Å²) >= 11 is 0. The van der Waals surface area contributed by atoms with Gasteiger partial charge in [-0.25, -0.2) is 4.39 Å². The van der Waals surface area contributed by atoms with Crippen molar-refractivity contribution in [2.75, 3.05) is 26.2 Å². The van der Waals surface area contributed by atoms with Crippen molar-refractivity contribution in [2.45, 2.75) is 57.9 Å². The predicted octanol–water partition coefficient (Wildman–Crippen LogP) is 4.33. The Bertz CT molecular complexity index is 561. The fourth-order valence-corrected chi connectivity index (χ4v) is 4.39. The van der Waals surface area contributed by atoms with Gasteiger partial charge in [-0.3, -0.25) is 9.69 Å². The van der Waals surface area contributed by atoms with Crippen LogP contribution in [0, 0.1) is 11.7 Å². The van der Waals surface area contributed by atoms with Crippen molar-refractivity contribution in [3.05, 3.63) is 35.6 Å². The van der Waals surface area contributed by atoms with E-state index < -0.39 is 5.82 Å². The zero-order valence-electron chi connectivity index (χ0n) is 15.4. The van der Waals surface area contributed by atoms with Gasteiger partial charge in [-0.15, -0.1) is 0 Å². The second kappa shape index (κ2) is 8.79. The van der Waals surface area contributed by atoms with Crippen LogP contribution in [0.4, 0.5) is 4.39 Å². The summed E-state index contributed by atoms with van der Waals surface area (Å²) in [4.78, 5) is 16.9. The van der Waals surface area contributed by atoms with Gasteiger partial charge in [0.1, 0.15) is 5.82 Å². The van der Waals surface area contributed by atoms with Crippen molar-refractivity contribution in [3.63, 3.8) is 0 Å². The highest BCUT2D eigenvalue weighted by Gasteiger charge is 2.30. The third-order valence-corrected chi connectivity index (χ3v) is 6.00. The van der Waals surface area contributed by atoms with Crippen LogP contribution in [0.25, 0.3) is 0 Å². The maximum atomic E-state index is 13.8. The van der Waals surface area contributed by atoms with Crippen LogP contribution in [0.1, 0.15) is 62.2 Å². The average molecular weight is 346 g/mol. The summed E-state index contributed by atoms with van der Waals surface area (Å²) in [5.41, 5.74) is 0.201. The first-order chi connectivity index (χ1) is 12.2. The van der Waals surface area contributed by atoms with Gasteiger partial charge in [0.2, 0.25) is 0 Å². The van der Waals surface area contributed by atoms with Crippen LogP contribution >= 0.6 is 0 Å². The second-order valence-corrected chi connectivity index (χ2v) is 7.62. The van der Waals surface area contributed by atoms with Gasteiger partial charge < -0.3 is 4.90 Å². The molecule has 1 saturated carbocycles. The van der Waals surface area contributed by atoms with Crippen LogP contribution in [-0.2, 0) is 0 Å². The first-order valence-corrected chi connectivity index (χ1v) is 9.97. The average Bonchev–Trinajstić information content (AvgIpc) is 2.67. The summed E-state index contributed by atoms with van der Waals surface area (Å²) < 4.78 is 13.8. The number of amides is 1. The monoisotopic (exact) mass is 346 g/mol. The molecule has 3 rings (SSSR count). The van der Waals surface area contributed by atoms with E-state index in [9.17, 15) is 9.18 Å². The number of nitrogens with zero attached hydrogens (tertiary/aromatic N) is 2. The number of halogens is 1. The van der Waals surface area contributed by atoms with E-state index in [1.165, 1.54) is 51.0 Å². The third-order valence-electron chi connectivity index (χ3n) is 6.00. The molecule has 2 fully saturated rings. The summed E-state index contributed by atoms with van der Waals surface area (Å²) in [5.74, 6) is 0.349. The van der Waals surface area contributed by atoms with Crippen LogP contribution in [0.5, 0.6) is 0 Å². The van der Waals surface area contributed by atoms with Gasteiger partial charge in [-0.2, -0.15) is 0 Å². The highest BCUT2D eigenvalue weighted by molar-refractivity contribution is 5.94. The van der Waals surface area contributed by atoms with Crippen molar-refractivity contribution in [1.29, 1.82) is 0 Å². The highest BCUT2D eigenvalue weighted by Crippen LogP contribution is 2.31. The van der Waals surface area contributed by atoms with Crippen molar-refractivity contribution in [1.82, 2.24) is 9.80 Å². The molecule has 3 nitrogen and oxygen atoms in total. The Hall–Kier alpha value is -1.42. The molecule has 0 atom stereocenters. The fraction of sp³-hybridized carbons (Fsp3) is 0.667. The molecule has 138 valence electrons. The zero-order chi connectivity index (χ0) is 17.6. The Labute approximate surface area is 151 Å². The largest absolute Gasteiger partial charge is 0.336 e. The van der Waals surface area contributed by atoms with Gasteiger partial charge in [0.15, 0.2) is 0 Å². The number of rotatable bonds is 5. The Kier molecular flexibility index (Phi) is 6.46. The Morgan fingerprint density at radius 2 is 1.76 bits per heavy atom. The van der Waals surface area contributed by atoms with E-state index in [1.54, 1.807) is 18.2 Å². The van der Waals surface area contributed by atoms with Crippen molar-refractivity contribution in [3.8, 4) is 0 Å². The fourth-order valence-electron chi connectivity index (χ4n) is 4.39. The van der Waals surface area contributed by atoms with Gasteiger partial charge in [-0.05, 0) is 43.7 Å². The van der Waals surface area contributed by atoms with Gasteiger partial charge in [0.05, 0.1) is 5.56 Å². The van der Waals surface area contributed by atoms with Crippen LogP contribution in [0.2, 0.25) is 0 Å². The van der Waals surface area contributed by atoms with Gasteiger partial charge in [0, 0.05) is 32.2 Å². The lowest BCUT2D eigenvalue weighted by atomic mass is 9.82. The van der Waals surface area contributed by atoms with Crippen molar-refractivity contribution in [2.24, 2.45) is 5.92 Å². The molecule has 1 aliphatic heterocycles. The number of benzene rings is 1. The molecular weight excluding hydrogens is 315 g/mol. The van der Waals surface area contributed by atoms with Crippen LogP contribution in [0.3, 0.4) is 0 Å². The maximum Gasteiger partial charge on any atom is 0.256 e. The van der Waals surface area contributed by atoms with E-state index in [2.05, 4.69) is 11.8 Å². The molecule has 1 amide bonds. The Morgan fingerprint density at radius 1 is 1.08 bits per heavy atom. The van der Waals surface area contributed by atoms with Crippen LogP contribution in [-0.4, -0.2) is 47.9 Å². The number of carbonyl (C=O) groups excluding carboxylic acids is 1. The van der Waals surface area contributed by atoms with E-state index in [0.717, 1.165) is 19.0 Å². The molecule has 0 radical (unpaired) electrons. The molecule has 4 heteroatoms. The molecule has 1 aliphatic carbocycles. The minimum atomic E-state index is -0.416. The topological polar surface area (TPSA) is 23.6 Å². The molecule has 1 saturated heterocycles. The lowest BCUT2D eigenvalue weighted by Crippen LogP contribution is -2.52. The standard InChI is InChI=1S/C21H31FN2O/c1-2-3-6-17-9-11-18(12-10-17)23-13-15-24(16-14-23)21(25)19-7-4-5-8-20(19)22/h4-5,7-8,17-18H,2-3,6,9-16H2,1H3. The van der Waals surface area contributed by atoms with Crippen LogP contribution < -0.4 is 0 Å². The minimum Gasteiger partial charge on any atom is -0.336 e. The number of hydrogen-bond donors (Lipinski definition) is 0. The number of carbonyl (C=O) groups is 1. The Balaban J connectivity index is 1.46. The molecular formula is C21H31FN2O. The SMILES string of the molecule is CCCCC1CCC(N2CCN(C(=O)c3ccccc3F)CC2)CC1. The molecule has 2 aliphatic rings. The minimum absolute atomic E-state index is 0.166.